The second kappa shape index (κ2) is 7.91. The van der Waals surface area contributed by atoms with Crippen molar-refractivity contribution in [2.45, 2.75) is 4.90 Å². The third-order valence-electron chi connectivity index (χ3n) is 4.24. The van der Waals surface area contributed by atoms with E-state index in [0.29, 0.717) is 15.7 Å². The van der Waals surface area contributed by atoms with Crippen LogP contribution in [0, 0.1) is 0 Å². The van der Waals surface area contributed by atoms with Gasteiger partial charge in [-0.2, -0.15) is 0 Å². The number of halogens is 2. The van der Waals surface area contributed by atoms with E-state index in [2.05, 4.69) is 15.0 Å². The second-order valence-corrected chi connectivity index (χ2v) is 8.84. The lowest BCUT2D eigenvalue weighted by atomic mass is 10.2. The van der Waals surface area contributed by atoms with Crippen molar-refractivity contribution in [3.05, 3.63) is 89.0 Å². The van der Waals surface area contributed by atoms with Crippen LogP contribution >= 0.6 is 23.2 Å². The van der Waals surface area contributed by atoms with Crippen LogP contribution in [0.5, 0.6) is 0 Å². The minimum atomic E-state index is -3.70. The number of anilines is 3. The Bertz CT molecular complexity index is 1280. The van der Waals surface area contributed by atoms with E-state index in [1.807, 2.05) is 12.1 Å². The summed E-state index contributed by atoms with van der Waals surface area (Å²) < 4.78 is 27.7. The summed E-state index contributed by atoms with van der Waals surface area (Å²) in [6, 6.07) is 20.3. The second-order valence-electron chi connectivity index (χ2n) is 6.28. The van der Waals surface area contributed by atoms with Crippen molar-refractivity contribution in [3.63, 3.8) is 0 Å². The van der Waals surface area contributed by atoms with Crippen LogP contribution in [0.1, 0.15) is 0 Å². The van der Waals surface area contributed by atoms with E-state index in [-0.39, 0.29) is 4.90 Å². The zero-order valence-corrected chi connectivity index (χ0v) is 17.3. The Morgan fingerprint density at radius 1 is 0.759 bits per heavy atom. The maximum absolute atomic E-state index is 12.6. The normalized spacial score (nSPS) is 11.4. The highest BCUT2D eigenvalue weighted by Gasteiger charge is 2.14. The zero-order valence-electron chi connectivity index (χ0n) is 14.9. The third-order valence-corrected chi connectivity index (χ3v) is 6.13. The van der Waals surface area contributed by atoms with Crippen molar-refractivity contribution < 1.29 is 8.42 Å². The molecule has 4 rings (SSSR count). The summed E-state index contributed by atoms with van der Waals surface area (Å²) in [7, 11) is -3.70. The minimum absolute atomic E-state index is 0.157. The number of aromatic nitrogens is 1. The van der Waals surface area contributed by atoms with E-state index < -0.39 is 10.0 Å². The molecule has 0 spiro atoms. The molecule has 0 amide bonds. The molecule has 0 aliphatic heterocycles. The SMILES string of the molecule is O=S(=O)(Nc1ccc(Cl)cc1)c1ccc(Nc2ccnc3cc(Cl)ccc23)cc1. The summed E-state index contributed by atoms with van der Waals surface area (Å²) >= 11 is 11.9. The average molecular weight is 444 g/mol. The molecular formula is C21H15Cl2N3O2S. The molecule has 0 fully saturated rings. The van der Waals surface area contributed by atoms with Gasteiger partial charge in [0.05, 0.1) is 10.4 Å². The van der Waals surface area contributed by atoms with E-state index in [4.69, 9.17) is 23.2 Å². The first-order valence-corrected chi connectivity index (χ1v) is 10.8. The van der Waals surface area contributed by atoms with Crippen LogP contribution in [-0.2, 0) is 10.0 Å². The van der Waals surface area contributed by atoms with E-state index in [1.165, 1.54) is 0 Å². The fourth-order valence-electron chi connectivity index (χ4n) is 2.84. The van der Waals surface area contributed by atoms with Crippen LogP contribution < -0.4 is 10.0 Å². The number of fused-ring (bicyclic) bond motifs is 1. The summed E-state index contributed by atoms with van der Waals surface area (Å²) in [6.45, 7) is 0. The lowest BCUT2D eigenvalue weighted by molar-refractivity contribution is 0.601. The molecule has 29 heavy (non-hydrogen) atoms. The van der Waals surface area contributed by atoms with Crippen LogP contribution in [0.2, 0.25) is 10.0 Å². The molecule has 1 aromatic heterocycles. The topological polar surface area (TPSA) is 71.1 Å². The highest BCUT2D eigenvalue weighted by Crippen LogP contribution is 2.28. The smallest absolute Gasteiger partial charge is 0.261 e. The highest BCUT2D eigenvalue weighted by molar-refractivity contribution is 7.92. The molecule has 0 unspecified atom stereocenters. The molecule has 8 heteroatoms. The first kappa shape index (κ1) is 19.5. The largest absolute Gasteiger partial charge is 0.355 e. The van der Waals surface area contributed by atoms with Crippen molar-refractivity contribution in [1.29, 1.82) is 0 Å². The van der Waals surface area contributed by atoms with Gasteiger partial charge in [0.15, 0.2) is 0 Å². The molecule has 2 N–H and O–H groups in total. The minimum Gasteiger partial charge on any atom is -0.355 e. The summed E-state index contributed by atoms with van der Waals surface area (Å²) in [6.07, 6.45) is 1.69. The number of rotatable bonds is 5. The van der Waals surface area contributed by atoms with Gasteiger partial charge in [0, 0.05) is 38.7 Å². The van der Waals surface area contributed by atoms with Crippen molar-refractivity contribution in [3.8, 4) is 0 Å². The number of nitrogens with one attached hydrogen (secondary N) is 2. The van der Waals surface area contributed by atoms with Gasteiger partial charge in [-0.3, -0.25) is 9.71 Å². The van der Waals surface area contributed by atoms with Crippen molar-refractivity contribution in [2.24, 2.45) is 0 Å². The van der Waals surface area contributed by atoms with Gasteiger partial charge in [0.2, 0.25) is 0 Å². The molecule has 1 heterocycles. The van der Waals surface area contributed by atoms with E-state index in [9.17, 15) is 8.42 Å². The molecule has 0 saturated carbocycles. The van der Waals surface area contributed by atoms with E-state index in [0.717, 1.165) is 22.3 Å². The number of nitrogens with zero attached hydrogens (tertiary/aromatic N) is 1. The Balaban J connectivity index is 1.56. The van der Waals surface area contributed by atoms with Crippen LogP contribution in [0.3, 0.4) is 0 Å². The predicted molar refractivity (Wildman–Crippen MR) is 119 cm³/mol. The molecule has 4 aromatic rings. The molecule has 0 atom stereocenters. The Labute approximate surface area is 178 Å². The maximum Gasteiger partial charge on any atom is 0.261 e. The molecule has 0 radical (unpaired) electrons. The van der Waals surface area contributed by atoms with Gasteiger partial charge < -0.3 is 5.32 Å². The fourth-order valence-corrected chi connectivity index (χ4v) is 4.19. The van der Waals surface area contributed by atoms with Crippen LogP contribution in [0.4, 0.5) is 17.1 Å². The lowest BCUT2D eigenvalue weighted by Crippen LogP contribution is -2.12. The molecule has 0 bridgehead atoms. The van der Waals surface area contributed by atoms with Gasteiger partial charge in [-0.1, -0.05) is 23.2 Å². The molecule has 0 saturated heterocycles. The standard InChI is InChI=1S/C21H15Cl2N3O2S/c22-14-1-4-17(5-2-14)26-29(27,28)18-8-6-16(7-9-18)25-20-11-12-24-21-13-15(23)3-10-19(20)21/h1-13,26H,(H,24,25). The van der Waals surface area contributed by atoms with Gasteiger partial charge in [-0.15, -0.1) is 0 Å². The maximum atomic E-state index is 12.6. The number of sulfonamides is 1. The molecule has 5 nitrogen and oxygen atoms in total. The van der Waals surface area contributed by atoms with Gasteiger partial charge in [-0.05, 0) is 72.8 Å². The number of pyridine rings is 1. The zero-order chi connectivity index (χ0) is 20.4. The third kappa shape index (κ3) is 4.45. The first-order chi connectivity index (χ1) is 13.9. The average Bonchev–Trinajstić information content (AvgIpc) is 2.70. The Hall–Kier alpha value is -2.80. The predicted octanol–water partition coefficient (Wildman–Crippen LogP) is 6.09. The Morgan fingerprint density at radius 2 is 1.41 bits per heavy atom. The molecular weight excluding hydrogens is 429 g/mol. The van der Waals surface area contributed by atoms with Crippen LogP contribution in [0.25, 0.3) is 10.9 Å². The lowest BCUT2D eigenvalue weighted by Gasteiger charge is -2.11. The van der Waals surface area contributed by atoms with Crippen LogP contribution in [-0.4, -0.2) is 13.4 Å². The van der Waals surface area contributed by atoms with Crippen molar-refractivity contribution >= 4 is 61.2 Å². The monoisotopic (exact) mass is 443 g/mol. The number of benzene rings is 3. The molecule has 3 aromatic carbocycles. The number of hydrogen-bond donors (Lipinski definition) is 2. The van der Waals surface area contributed by atoms with Gasteiger partial charge >= 0.3 is 0 Å². The quantitative estimate of drug-likeness (QED) is 0.391. The van der Waals surface area contributed by atoms with Crippen LogP contribution in [0.15, 0.2) is 83.9 Å². The fraction of sp³-hybridized carbons (Fsp3) is 0. The van der Waals surface area contributed by atoms with Gasteiger partial charge in [0.1, 0.15) is 0 Å². The van der Waals surface area contributed by atoms with Crippen molar-refractivity contribution in [2.75, 3.05) is 10.0 Å². The number of hydrogen-bond acceptors (Lipinski definition) is 4. The summed E-state index contributed by atoms with van der Waals surface area (Å²) in [5, 5.41) is 5.35. The molecule has 146 valence electrons. The first-order valence-electron chi connectivity index (χ1n) is 8.60. The molecule has 0 aliphatic carbocycles. The summed E-state index contributed by atoms with van der Waals surface area (Å²) in [4.78, 5) is 4.47. The van der Waals surface area contributed by atoms with Gasteiger partial charge in [0.25, 0.3) is 10.0 Å². The van der Waals surface area contributed by atoms with Gasteiger partial charge in [-0.25, -0.2) is 8.42 Å². The van der Waals surface area contributed by atoms with Crippen molar-refractivity contribution in [1.82, 2.24) is 4.98 Å². The molecule has 0 aliphatic rings. The Kier molecular flexibility index (Phi) is 5.32. The van der Waals surface area contributed by atoms with E-state index in [1.54, 1.807) is 66.9 Å². The Morgan fingerprint density at radius 3 is 2.14 bits per heavy atom. The highest BCUT2D eigenvalue weighted by atomic mass is 35.5. The van der Waals surface area contributed by atoms with E-state index >= 15 is 0 Å². The summed E-state index contributed by atoms with van der Waals surface area (Å²) in [5.41, 5.74) is 2.81. The summed E-state index contributed by atoms with van der Waals surface area (Å²) in [5.74, 6) is 0.